The number of rotatable bonds is 5. The van der Waals surface area contributed by atoms with Gasteiger partial charge in [0.15, 0.2) is 0 Å². The van der Waals surface area contributed by atoms with Crippen LogP contribution in [0.25, 0.3) is 11.1 Å². The van der Waals surface area contributed by atoms with Crippen LogP contribution in [-0.4, -0.2) is 23.5 Å². The molecular formula is C23H20ClF6NOS. The number of amides is 1. The fourth-order valence-corrected chi connectivity index (χ4v) is 2.96. The summed E-state index contributed by atoms with van der Waals surface area (Å²) >= 11 is 4.87. The van der Waals surface area contributed by atoms with E-state index >= 15 is 0 Å². The predicted molar refractivity (Wildman–Crippen MR) is 120 cm³/mol. The smallest absolute Gasteiger partial charge is 0.357 e. The molecule has 3 aromatic carbocycles. The van der Waals surface area contributed by atoms with Gasteiger partial charge in [0.2, 0.25) is 0 Å². The Kier molecular flexibility index (Phi) is 11.9. The molecule has 2 nitrogen and oxygen atoms in total. The van der Waals surface area contributed by atoms with Crippen molar-refractivity contribution in [2.24, 2.45) is 5.73 Å². The van der Waals surface area contributed by atoms with Crippen molar-refractivity contribution in [3.05, 3.63) is 90.0 Å². The van der Waals surface area contributed by atoms with Crippen molar-refractivity contribution in [1.29, 1.82) is 0 Å². The minimum absolute atomic E-state index is 0.116. The van der Waals surface area contributed by atoms with Crippen molar-refractivity contribution in [1.82, 2.24) is 0 Å². The molecule has 0 aromatic heterocycles. The van der Waals surface area contributed by atoms with E-state index in [-0.39, 0.29) is 16.7 Å². The zero-order valence-electron chi connectivity index (χ0n) is 17.3. The Morgan fingerprint density at radius 1 is 0.909 bits per heavy atom. The maximum Gasteiger partial charge on any atom is 0.357 e. The number of carbonyl (C=O) groups excluding carboxylic acids is 1. The molecule has 0 saturated carbocycles. The fraction of sp³-hybridized carbons (Fsp3) is 0.174. The molecule has 0 aliphatic heterocycles. The van der Waals surface area contributed by atoms with Crippen LogP contribution in [-0.2, 0) is 0 Å². The molecule has 10 heteroatoms. The van der Waals surface area contributed by atoms with E-state index in [0.29, 0.717) is 0 Å². The van der Waals surface area contributed by atoms with Crippen LogP contribution in [0.3, 0.4) is 0 Å². The zero-order valence-corrected chi connectivity index (χ0v) is 18.8. The topological polar surface area (TPSA) is 43.1 Å². The number of benzene rings is 3. The number of hydrogen-bond acceptors (Lipinski definition) is 2. The van der Waals surface area contributed by atoms with Crippen LogP contribution in [0.2, 0.25) is 0 Å². The third-order valence-corrected chi connectivity index (χ3v) is 4.64. The van der Waals surface area contributed by atoms with Crippen LogP contribution < -0.4 is 5.73 Å². The number of thioether (sulfide) groups is 1. The Hall–Kier alpha value is -2.65. The van der Waals surface area contributed by atoms with Gasteiger partial charge in [-0.25, -0.2) is 17.6 Å². The first-order valence-corrected chi connectivity index (χ1v) is 10.7. The van der Waals surface area contributed by atoms with Crippen molar-refractivity contribution in [2.75, 3.05) is 5.88 Å². The largest absolute Gasteiger partial charge is 0.365 e. The SMILES string of the molecule is CCCl.FC(F)C(F)(F)Sc1ccc(-c2ccccc2)cc1.NC(=O)c1c(F)cccc1F. The predicted octanol–water partition coefficient (Wildman–Crippen LogP) is 7.61. The molecule has 0 spiro atoms. The second kappa shape index (κ2) is 13.8. The van der Waals surface area contributed by atoms with Gasteiger partial charge in [0.25, 0.3) is 5.91 Å². The summed E-state index contributed by atoms with van der Waals surface area (Å²) in [4.78, 5) is 10.5. The van der Waals surface area contributed by atoms with Crippen LogP contribution in [0.1, 0.15) is 17.3 Å². The van der Waals surface area contributed by atoms with Crippen molar-refractivity contribution in [2.45, 2.75) is 23.5 Å². The van der Waals surface area contributed by atoms with E-state index in [0.717, 1.165) is 35.2 Å². The molecule has 33 heavy (non-hydrogen) atoms. The second-order valence-corrected chi connectivity index (χ2v) is 7.84. The Morgan fingerprint density at radius 3 is 1.76 bits per heavy atom. The van der Waals surface area contributed by atoms with Crippen molar-refractivity contribution >= 4 is 29.3 Å². The van der Waals surface area contributed by atoms with E-state index in [4.69, 9.17) is 17.3 Å². The highest BCUT2D eigenvalue weighted by molar-refractivity contribution is 8.00. The fourth-order valence-electron chi connectivity index (χ4n) is 2.28. The summed E-state index contributed by atoms with van der Waals surface area (Å²) < 4.78 is 75.0. The Balaban J connectivity index is 0.000000329. The molecule has 1 amide bonds. The van der Waals surface area contributed by atoms with Crippen LogP contribution in [0, 0.1) is 11.6 Å². The number of primary amides is 1. The van der Waals surface area contributed by atoms with E-state index in [2.05, 4.69) is 0 Å². The lowest BCUT2D eigenvalue weighted by atomic mass is 10.1. The summed E-state index contributed by atoms with van der Waals surface area (Å²) in [6.07, 6.45) is -3.67. The summed E-state index contributed by atoms with van der Waals surface area (Å²) in [6.45, 7) is 1.89. The molecule has 0 fully saturated rings. The van der Waals surface area contributed by atoms with Gasteiger partial charge in [-0.2, -0.15) is 8.78 Å². The number of carbonyl (C=O) groups is 1. The number of nitrogens with two attached hydrogens (primary N) is 1. The number of hydrogen-bond donors (Lipinski definition) is 1. The van der Waals surface area contributed by atoms with E-state index < -0.39 is 34.8 Å². The average Bonchev–Trinajstić information content (AvgIpc) is 2.75. The van der Waals surface area contributed by atoms with Crippen molar-refractivity contribution < 1.29 is 31.1 Å². The monoisotopic (exact) mass is 507 g/mol. The summed E-state index contributed by atoms with van der Waals surface area (Å²) in [5.41, 5.74) is 5.81. The minimum Gasteiger partial charge on any atom is -0.365 e. The maximum atomic E-state index is 12.9. The highest BCUT2D eigenvalue weighted by Gasteiger charge is 2.41. The third kappa shape index (κ3) is 9.39. The summed E-state index contributed by atoms with van der Waals surface area (Å²) in [5.74, 6) is -2.24. The molecule has 0 radical (unpaired) electrons. The van der Waals surface area contributed by atoms with E-state index in [1.165, 1.54) is 12.1 Å². The minimum atomic E-state index is -4.06. The molecule has 3 aromatic rings. The molecule has 0 unspecified atom stereocenters. The van der Waals surface area contributed by atoms with Gasteiger partial charge in [-0.05, 0) is 47.2 Å². The van der Waals surface area contributed by atoms with Crippen LogP contribution >= 0.6 is 23.4 Å². The van der Waals surface area contributed by atoms with Gasteiger partial charge in [-0.1, -0.05) is 55.5 Å². The molecule has 3 rings (SSSR count). The molecule has 0 heterocycles. The molecule has 0 atom stereocenters. The summed E-state index contributed by atoms with van der Waals surface area (Å²) in [7, 11) is 0. The molecule has 0 aliphatic rings. The summed E-state index contributed by atoms with van der Waals surface area (Å²) in [6, 6.07) is 18.6. The Morgan fingerprint density at radius 2 is 1.36 bits per heavy atom. The van der Waals surface area contributed by atoms with Gasteiger partial charge in [-0.3, -0.25) is 4.79 Å². The lowest BCUT2D eigenvalue weighted by Crippen LogP contribution is -2.21. The lowest BCUT2D eigenvalue weighted by Gasteiger charge is -2.14. The lowest BCUT2D eigenvalue weighted by molar-refractivity contribution is -0.0563. The standard InChI is InChI=1S/C14H10F4S.C7H5F2NO.C2H5Cl/c15-13(16)14(17,18)19-12-8-6-11(7-9-12)10-4-2-1-3-5-10;8-4-2-1-3-5(9)6(4)7(10)11;1-2-3/h1-9,13H;1-3H,(H2,10,11);2H2,1H3. The molecule has 2 N–H and O–H groups in total. The van der Waals surface area contributed by atoms with Gasteiger partial charge in [-0.15, -0.1) is 11.6 Å². The second-order valence-electron chi connectivity index (χ2n) is 6.08. The van der Waals surface area contributed by atoms with Crippen LogP contribution in [0.5, 0.6) is 0 Å². The number of halogens is 7. The zero-order chi connectivity index (χ0) is 25.0. The van der Waals surface area contributed by atoms with E-state index in [1.54, 1.807) is 12.1 Å². The van der Waals surface area contributed by atoms with Crippen LogP contribution in [0.4, 0.5) is 26.3 Å². The Labute approximate surface area is 196 Å². The average molecular weight is 508 g/mol. The highest BCUT2D eigenvalue weighted by atomic mass is 35.5. The quantitative estimate of drug-likeness (QED) is 0.219. The Bertz CT molecular complexity index is 983. The molecule has 0 bridgehead atoms. The maximum absolute atomic E-state index is 12.9. The van der Waals surface area contributed by atoms with Crippen molar-refractivity contribution in [3.8, 4) is 11.1 Å². The number of alkyl halides is 5. The first-order valence-electron chi connectivity index (χ1n) is 9.33. The molecule has 0 saturated heterocycles. The third-order valence-electron chi connectivity index (χ3n) is 3.68. The molecular weight excluding hydrogens is 488 g/mol. The normalized spacial score (nSPS) is 10.6. The van der Waals surface area contributed by atoms with Gasteiger partial charge < -0.3 is 5.73 Å². The summed E-state index contributed by atoms with van der Waals surface area (Å²) in [5, 5.41) is -4.06. The highest BCUT2D eigenvalue weighted by Crippen LogP contribution is 2.40. The van der Waals surface area contributed by atoms with Gasteiger partial charge in [0.05, 0.1) is 0 Å². The molecule has 0 aliphatic carbocycles. The molecule has 178 valence electrons. The van der Waals surface area contributed by atoms with E-state index in [9.17, 15) is 31.1 Å². The van der Waals surface area contributed by atoms with Crippen LogP contribution in [0.15, 0.2) is 77.7 Å². The van der Waals surface area contributed by atoms with Gasteiger partial charge >= 0.3 is 11.7 Å². The van der Waals surface area contributed by atoms with Crippen molar-refractivity contribution in [3.63, 3.8) is 0 Å². The van der Waals surface area contributed by atoms with Gasteiger partial charge in [0.1, 0.15) is 17.2 Å². The first kappa shape index (κ1) is 28.4. The first-order chi connectivity index (χ1) is 15.5. The van der Waals surface area contributed by atoms with E-state index in [1.807, 2.05) is 37.3 Å². The van der Waals surface area contributed by atoms with Gasteiger partial charge in [0, 0.05) is 10.8 Å².